The van der Waals surface area contributed by atoms with Gasteiger partial charge >= 0.3 is 0 Å². The fraction of sp³-hybridized carbons (Fsp3) is 0.500. The molecule has 0 aliphatic heterocycles. The van der Waals surface area contributed by atoms with E-state index in [2.05, 4.69) is 25.8 Å². The number of hydrogen-bond acceptors (Lipinski definition) is 2. The molecule has 0 atom stereocenters. The van der Waals surface area contributed by atoms with Crippen LogP contribution in [0.25, 0.3) is 0 Å². The Morgan fingerprint density at radius 2 is 2.13 bits per heavy atom. The van der Waals surface area contributed by atoms with E-state index in [0.29, 0.717) is 17.7 Å². The summed E-state index contributed by atoms with van der Waals surface area (Å²) in [7, 11) is 2.09. The molecule has 3 heteroatoms. The van der Waals surface area contributed by atoms with Crippen molar-refractivity contribution in [2.24, 2.45) is 0 Å². The van der Waals surface area contributed by atoms with Crippen molar-refractivity contribution in [1.29, 1.82) is 0 Å². The highest BCUT2D eigenvalue weighted by Gasteiger charge is 2.02. The number of hydrogen-bond donors (Lipinski definition) is 0. The smallest absolute Gasteiger partial charge is 0.120 e. The molecule has 0 aliphatic rings. The van der Waals surface area contributed by atoms with Crippen molar-refractivity contribution in [2.45, 2.75) is 19.9 Å². The van der Waals surface area contributed by atoms with Crippen LogP contribution in [0.4, 0.5) is 0 Å². The first-order valence-electron chi connectivity index (χ1n) is 5.18. The van der Waals surface area contributed by atoms with Crippen LogP contribution >= 0.6 is 11.6 Å². The summed E-state index contributed by atoms with van der Waals surface area (Å²) in [4.78, 5) is 2.24. The molecule has 0 aliphatic carbocycles. The van der Waals surface area contributed by atoms with Gasteiger partial charge in [-0.05, 0) is 39.1 Å². The second-order valence-corrected chi connectivity index (χ2v) is 4.32. The molecule has 0 amide bonds. The van der Waals surface area contributed by atoms with E-state index in [1.54, 1.807) is 0 Å². The van der Waals surface area contributed by atoms with Gasteiger partial charge < -0.3 is 9.64 Å². The quantitative estimate of drug-likeness (QED) is 0.767. The van der Waals surface area contributed by atoms with Gasteiger partial charge in [0, 0.05) is 17.6 Å². The maximum atomic E-state index is 5.85. The van der Waals surface area contributed by atoms with Gasteiger partial charge in [0.2, 0.25) is 0 Å². The van der Waals surface area contributed by atoms with Crippen molar-refractivity contribution in [3.63, 3.8) is 0 Å². The fourth-order valence-electron chi connectivity index (χ4n) is 1.12. The average molecular weight is 228 g/mol. The number of halogens is 1. The lowest BCUT2D eigenvalue weighted by Crippen LogP contribution is -2.30. The number of benzene rings is 1. The van der Waals surface area contributed by atoms with Gasteiger partial charge in [0.05, 0.1) is 0 Å². The standard InChI is InChI=1S/C12H18ClNO/c1-10(2)14(3)7-8-15-12-6-4-5-11(13)9-12/h4-6,9-10H,7-8H2,1-3H3. The molecule has 0 radical (unpaired) electrons. The summed E-state index contributed by atoms with van der Waals surface area (Å²) < 4.78 is 5.58. The monoisotopic (exact) mass is 227 g/mol. The van der Waals surface area contributed by atoms with Crippen molar-refractivity contribution < 1.29 is 4.74 Å². The van der Waals surface area contributed by atoms with Crippen LogP contribution in [0, 0.1) is 0 Å². The molecule has 0 bridgehead atoms. The van der Waals surface area contributed by atoms with Crippen LogP contribution in [0.2, 0.25) is 5.02 Å². The Morgan fingerprint density at radius 1 is 1.40 bits per heavy atom. The molecule has 0 aromatic heterocycles. The lowest BCUT2D eigenvalue weighted by Gasteiger charge is -2.20. The first-order valence-corrected chi connectivity index (χ1v) is 5.56. The maximum Gasteiger partial charge on any atom is 0.120 e. The van der Waals surface area contributed by atoms with Crippen LogP contribution in [0.1, 0.15) is 13.8 Å². The predicted molar refractivity (Wildman–Crippen MR) is 64.7 cm³/mol. The second kappa shape index (κ2) is 5.99. The van der Waals surface area contributed by atoms with Crippen LogP contribution in [-0.2, 0) is 0 Å². The summed E-state index contributed by atoms with van der Waals surface area (Å²) in [6, 6.07) is 8.03. The van der Waals surface area contributed by atoms with Gasteiger partial charge in [-0.2, -0.15) is 0 Å². The Kier molecular flexibility index (Phi) is 4.92. The van der Waals surface area contributed by atoms with E-state index in [1.807, 2.05) is 24.3 Å². The van der Waals surface area contributed by atoms with E-state index >= 15 is 0 Å². The zero-order valence-electron chi connectivity index (χ0n) is 9.53. The number of rotatable bonds is 5. The average Bonchev–Trinajstić information content (AvgIpc) is 2.17. The largest absolute Gasteiger partial charge is 0.492 e. The third-order valence-electron chi connectivity index (χ3n) is 2.39. The zero-order chi connectivity index (χ0) is 11.3. The highest BCUT2D eigenvalue weighted by molar-refractivity contribution is 6.30. The summed E-state index contributed by atoms with van der Waals surface area (Å²) in [5, 5.41) is 0.713. The van der Waals surface area contributed by atoms with Crippen molar-refractivity contribution in [3.8, 4) is 5.75 Å². The Morgan fingerprint density at radius 3 is 2.73 bits per heavy atom. The molecule has 0 N–H and O–H groups in total. The molecule has 0 saturated heterocycles. The van der Waals surface area contributed by atoms with E-state index in [9.17, 15) is 0 Å². The molecule has 0 unspecified atom stereocenters. The minimum atomic E-state index is 0.549. The predicted octanol–water partition coefficient (Wildman–Crippen LogP) is 3.06. The molecule has 0 heterocycles. The van der Waals surface area contributed by atoms with Gasteiger partial charge in [0.25, 0.3) is 0 Å². The van der Waals surface area contributed by atoms with E-state index in [-0.39, 0.29) is 0 Å². The first kappa shape index (κ1) is 12.3. The van der Waals surface area contributed by atoms with Crippen LogP contribution in [0.3, 0.4) is 0 Å². The molecular formula is C12H18ClNO. The van der Waals surface area contributed by atoms with Gasteiger partial charge in [-0.1, -0.05) is 17.7 Å². The minimum Gasteiger partial charge on any atom is -0.492 e. The van der Waals surface area contributed by atoms with Crippen molar-refractivity contribution in [2.75, 3.05) is 20.2 Å². The molecule has 0 saturated carbocycles. The van der Waals surface area contributed by atoms with Gasteiger partial charge in [0.1, 0.15) is 12.4 Å². The van der Waals surface area contributed by atoms with Crippen LogP contribution < -0.4 is 4.74 Å². The SMILES string of the molecule is CC(C)N(C)CCOc1cccc(Cl)c1. The molecule has 0 spiro atoms. The third kappa shape index (κ3) is 4.54. The Labute approximate surface area is 96.8 Å². The molecule has 1 aromatic rings. The highest BCUT2D eigenvalue weighted by atomic mass is 35.5. The summed E-state index contributed by atoms with van der Waals surface area (Å²) >= 11 is 5.85. The summed E-state index contributed by atoms with van der Waals surface area (Å²) in [5.41, 5.74) is 0. The molecule has 1 rings (SSSR count). The lowest BCUT2D eigenvalue weighted by atomic mass is 10.3. The fourth-order valence-corrected chi connectivity index (χ4v) is 1.30. The first-order chi connectivity index (χ1) is 7.09. The highest BCUT2D eigenvalue weighted by Crippen LogP contribution is 2.16. The zero-order valence-corrected chi connectivity index (χ0v) is 10.3. The number of ether oxygens (including phenoxy) is 1. The van der Waals surface area contributed by atoms with Crippen LogP contribution in [0.5, 0.6) is 5.75 Å². The Hall–Kier alpha value is -0.730. The number of likely N-dealkylation sites (N-methyl/N-ethyl adjacent to an activating group) is 1. The van der Waals surface area contributed by atoms with E-state index in [1.165, 1.54) is 0 Å². The Bertz CT molecular complexity index is 301. The van der Waals surface area contributed by atoms with Crippen molar-refractivity contribution in [3.05, 3.63) is 29.3 Å². The summed E-state index contributed by atoms with van der Waals surface area (Å²) in [5.74, 6) is 0.833. The van der Waals surface area contributed by atoms with E-state index < -0.39 is 0 Å². The topological polar surface area (TPSA) is 12.5 Å². The minimum absolute atomic E-state index is 0.549. The molecule has 2 nitrogen and oxygen atoms in total. The molecule has 1 aromatic carbocycles. The molecular weight excluding hydrogens is 210 g/mol. The third-order valence-corrected chi connectivity index (χ3v) is 2.63. The molecule has 15 heavy (non-hydrogen) atoms. The van der Waals surface area contributed by atoms with Gasteiger partial charge in [-0.15, -0.1) is 0 Å². The Balaban J connectivity index is 2.32. The normalized spacial score (nSPS) is 11.1. The van der Waals surface area contributed by atoms with Crippen LogP contribution in [-0.4, -0.2) is 31.1 Å². The molecule has 0 fully saturated rings. The van der Waals surface area contributed by atoms with Crippen molar-refractivity contribution in [1.82, 2.24) is 4.90 Å². The van der Waals surface area contributed by atoms with E-state index in [0.717, 1.165) is 12.3 Å². The van der Waals surface area contributed by atoms with Gasteiger partial charge in [-0.3, -0.25) is 0 Å². The van der Waals surface area contributed by atoms with E-state index in [4.69, 9.17) is 16.3 Å². The molecule has 84 valence electrons. The van der Waals surface area contributed by atoms with Gasteiger partial charge in [0.15, 0.2) is 0 Å². The van der Waals surface area contributed by atoms with Crippen molar-refractivity contribution >= 4 is 11.6 Å². The van der Waals surface area contributed by atoms with Crippen LogP contribution in [0.15, 0.2) is 24.3 Å². The lowest BCUT2D eigenvalue weighted by molar-refractivity contribution is 0.208. The summed E-state index contributed by atoms with van der Waals surface area (Å²) in [6.45, 7) is 5.94. The summed E-state index contributed by atoms with van der Waals surface area (Å²) in [6.07, 6.45) is 0. The number of nitrogens with zero attached hydrogens (tertiary/aromatic N) is 1. The van der Waals surface area contributed by atoms with Gasteiger partial charge in [-0.25, -0.2) is 0 Å². The maximum absolute atomic E-state index is 5.85. The second-order valence-electron chi connectivity index (χ2n) is 3.88.